The van der Waals surface area contributed by atoms with E-state index >= 15 is 0 Å². The maximum atomic E-state index is 14.2. The Hall–Kier alpha value is -2.42. The number of esters is 2. The highest BCUT2D eigenvalue weighted by Crippen LogP contribution is 2.56. The number of hydrogen-bond donors (Lipinski definition) is 3. The van der Waals surface area contributed by atoms with Gasteiger partial charge in [0, 0.05) is 13.0 Å². The molecular weight excluding hydrogens is 492 g/mol. The summed E-state index contributed by atoms with van der Waals surface area (Å²) in [5.74, 6) is -11.8. The fraction of sp³-hybridized carbons (Fsp3) is 0.619. The third-order valence-corrected chi connectivity index (χ3v) is 5.73. The average Bonchev–Trinajstić information content (AvgIpc) is 2.73. The van der Waals surface area contributed by atoms with E-state index in [1.54, 1.807) is 0 Å². The molecule has 0 bridgehead atoms. The van der Waals surface area contributed by atoms with Crippen molar-refractivity contribution in [3.63, 3.8) is 0 Å². The Morgan fingerprint density at radius 1 is 0.914 bits per heavy atom. The maximum absolute atomic E-state index is 14.2. The van der Waals surface area contributed by atoms with Gasteiger partial charge in [0.1, 0.15) is 11.8 Å². The number of ether oxygens (including phenoxy) is 3. The first-order valence-electron chi connectivity index (χ1n) is 10.4. The molecule has 0 radical (unpaired) electrons. The number of alkyl halides is 6. The minimum absolute atomic E-state index is 0.0421. The molecule has 1 saturated heterocycles. The Balaban J connectivity index is 2.98. The van der Waals surface area contributed by atoms with Crippen molar-refractivity contribution in [1.82, 2.24) is 5.32 Å². The molecule has 14 heteroatoms. The van der Waals surface area contributed by atoms with Crippen LogP contribution in [0, 0.1) is 17.8 Å². The van der Waals surface area contributed by atoms with E-state index in [4.69, 9.17) is 4.74 Å². The van der Waals surface area contributed by atoms with Gasteiger partial charge in [-0.2, -0.15) is 26.3 Å². The SMILES string of the molecule is CCOC(=O)C1C(C(OC)c2ccccc2)C(C(=O)OCC)C(O)(C(F)(F)F)NC1(O)C(F)(F)F. The van der Waals surface area contributed by atoms with E-state index in [9.17, 15) is 46.1 Å². The molecule has 0 saturated carbocycles. The van der Waals surface area contributed by atoms with E-state index in [1.165, 1.54) is 44.2 Å². The van der Waals surface area contributed by atoms with Gasteiger partial charge in [-0.15, -0.1) is 0 Å². The second-order valence-corrected chi connectivity index (χ2v) is 7.76. The van der Waals surface area contributed by atoms with Crippen LogP contribution in [0.1, 0.15) is 25.5 Å². The Bertz CT molecular complexity index is 848. The molecule has 0 aromatic heterocycles. The molecule has 8 nitrogen and oxygen atoms in total. The minimum atomic E-state index is -5.96. The number of aliphatic hydroxyl groups is 2. The molecule has 5 atom stereocenters. The van der Waals surface area contributed by atoms with Gasteiger partial charge in [-0.05, 0) is 19.4 Å². The van der Waals surface area contributed by atoms with E-state index in [0.717, 1.165) is 12.4 Å². The molecule has 1 fully saturated rings. The number of carbonyl (C=O) groups is 2. The summed E-state index contributed by atoms with van der Waals surface area (Å²) in [4.78, 5) is 25.6. The summed E-state index contributed by atoms with van der Waals surface area (Å²) in [5.41, 5.74) is -9.43. The second kappa shape index (κ2) is 10.3. The third-order valence-electron chi connectivity index (χ3n) is 5.73. The van der Waals surface area contributed by atoms with Crippen molar-refractivity contribution in [3.8, 4) is 0 Å². The fourth-order valence-electron chi connectivity index (χ4n) is 4.32. The Morgan fingerprint density at radius 3 is 1.63 bits per heavy atom. The largest absolute Gasteiger partial charge is 0.466 e. The molecule has 0 spiro atoms. The highest BCUT2D eigenvalue weighted by molar-refractivity contribution is 5.80. The molecular formula is C21H25F6NO7. The van der Waals surface area contributed by atoms with Crippen LogP contribution >= 0.6 is 0 Å². The highest BCUT2D eigenvalue weighted by atomic mass is 19.4. The molecule has 1 heterocycles. The van der Waals surface area contributed by atoms with E-state index in [2.05, 4.69) is 9.47 Å². The van der Waals surface area contributed by atoms with Crippen molar-refractivity contribution in [2.24, 2.45) is 17.8 Å². The topological polar surface area (TPSA) is 114 Å². The number of halogens is 6. The zero-order valence-electron chi connectivity index (χ0n) is 18.8. The van der Waals surface area contributed by atoms with Gasteiger partial charge in [-0.3, -0.25) is 9.59 Å². The number of rotatable bonds is 7. The number of nitrogens with one attached hydrogen (secondary N) is 1. The molecule has 198 valence electrons. The second-order valence-electron chi connectivity index (χ2n) is 7.76. The first kappa shape index (κ1) is 28.8. The molecule has 2 rings (SSSR count). The predicted molar refractivity (Wildman–Crippen MR) is 105 cm³/mol. The minimum Gasteiger partial charge on any atom is -0.466 e. The molecule has 5 unspecified atom stereocenters. The molecule has 3 N–H and O–H groups in total. The zero-order chi connectivity index (χ0) is 26.8. The standard InChI is InChI=1S/C21H25F6NO7/c1-4-34-16(29)13-12(15(33-3)11-9-7-6-8-10-11)14(17(30)35-5-2)19(32,21(25,26)27)28-18(13,31)20(22,23)24/h6-10,12-15,28,31-32H,4-5H2,1-3H3. The lowest BCUT2D eigenvalue weighted by Crippen LogP contribution is -2.82. The van der Waals surface area contributed by atoms with Crippen LogP contribution in [-0.4, -0.2) is 66.3 Å². The van der Waals surface area contributed by atoms with Crippen LogP contribution in [0.4, 0.5) is 26.3 Å². The summed E-state index contributed by atoms with van der Waals surface area (Å²) >= 11 is 0. The summed E-state index contributed by atoms with van der Waals surface area (Å²) in [6.45, 7) is 1.42. The fourth-order valence-corrected chi connectivity index (χ4v) is 4.32. The Labute approximate surface area is 196 Å². The van der Waals surface area contributed by atoms with Crippen molar-refractivity contribution < 1.29 is 60.4 Å². The van der Waals surface area contributed by atoms with Crippen LogP contribution in [0.15, 0.2) is 30.3 Å². The van der Waals surface area contributed by atoms with Gasteiger partial charge in [-0.1, -0.05) is 30.3 Å². The molecule has 1 aromatic carbocycles. The number of benzene rings is 1. The predicted octanol–water partition coefficient (Wildman–Crippen LogP) is 2.45. The molecule has 35 heavy (non-hydrogen) atoms. The molecule has 0 amide bonds. The molecule has 1 aliphatic rings. The lowest BCUT2D eigenvalue weighted by atomic mass is 9.63. The van der Waals surface area contributed by atoms with E-state index < -0.39 is 72.8 Å². The number of piperidine rings is 1. The zero-order valence-corrected chi connectivity index (χ0v) is 18.8. The summed E-state index contributed by atoms with van der Waals surface area (Å²) in [6, 6.07) is 6.78. The molecule has 1 aromatic rings. The third kappa shape index (κ3) is 5.10. The van der Waals surface area contributed by atoms with Crippen molar-refractivity contribution >= 4 is 11.9 Å². The first-order valence-corrected chi connectivity index (χ1v) is 10.4. The summed E-state index contributed by atoms with van der Waals surface area (Å²) < 4.78 is 99.6. The van der Waals surface area contributed by atoms with Crippen LogP contribution in [-0.2, 0) is 23.8 Å². The Kier molecular flexibility index (Phi) is 8.47. The lowest BCUT2D eigenvalue weighted by Gasteiger charge is -2.55. The van der Waals surface area contributed by atoms with Gasteiger partial charge in [0.25, 0.3) is 0 Å². The van der Waals surface area contributed by atoms with Crippen molar-refractivity contribution in [1.29, 1.82) is 0 Å². The maximum Gasteiger partial charge on any atom is 0.431 e. The summed E-state index contributed by atoms with van der Waals surface area (Å²) in [5, 5.41) is 22.0. The number of carbonyl (C=O) groups excluding carboxylic acids is 2. The van der Waals surface area contributed by atoms with Gasteiger partial charge in [-0.25, -0.2) is 5.32 Å². The molecule has 0 aliphatic carbocycles. The average molecular weight is 517 g/mol. The monoisotopic (exact) mass is 517 g/mol. The van der Waals surface area contributed by atoms with Gasteiger partial charge in [0.05, 0.1) is 19.3 Å². The van der Waals surface area contributed by atoms with Crippen molar-refractivity contribution in [2.75, 3.05) is 20.3 Å². The van der Waals surface area contributed by atoms with Crippen LogP contribution in [0.25, 0.3) is 0 Å². The highest BCUT2D eigenvalue weighted by Gasteiger charge is 2.79. The summed E-state index contributed by atoms with van der Waals surface area (Å²) in [7, 11) is 0.920. The summed E-state index contributed by atoms with van der Waals surface area (Å²) in [6.07, 6.45) is -13.8. The number of methoxy groups -OCH3 is 1. The van der Waals surface area contributed by atoms with Crippen molar-refractivity contribution in [3.05, 3.63) is 35.9 Å². The van der Waals surface area contributed by atoms with Crippen LogP contribution in [0.2, 0.25) is 0 Å². The van der Waals surface area contributed by atoms with E-state index in [-0.39, 0.29) is 5.56 Å². The van der Waals surface area contributed by atoms with Crippen LogP contribution < -0.4 is 5.32 Å². The van der Waals surface area contributed by atoms with Crippen LogP contribution in [0.3, 0.4) is 0 Å². The normalized spacial score (nSPS) is 30.4. The van der Waals surface area contributed by atoms with E-state index in [0.29, 0.717) is 0 Å². The van der Waals surface area contributed by atoms with Crippen molar-refractivity contribution in [2.45, 2.75) is 43.8 Å². The van der Waals surface area contributed by atoms with Gasteiger partial charge in [0.2, 0.25) is 11.4 Å². The smallest absolute Gasteiger partial charge is 0.431 e. The Morgan fingerprint density at radius 2 is 1.31 bits per heavy atom. The van der Waals surface area contributed by atoms with E-state index in [1.807, 2.05) is 0 Å². The van der Waals surface area contributed by atoms with Crippen LogP contribution in [0.5, 0.6) is 0 Å². The number of hydrogen-bond acceptors (Lipinski definition) is 8. The lowest BCUT2D eigenvalue weighted by molar-refractivity contribution is -0.386. The van der Waals surface area contributed by atoms with Gasteiger partial charge < -0.3 is 24.4 Å². The first-order chi connectivity index (χ1) is 16.1. The van der Waals surface area contributed by atoms with Gasteiger partial charge in [0.15, 0.2) is 0 Å². The quantitative estimate of drug-likeness (QED) is 0.374. The van der Waals surface area contributed by atoms with Gasteiger partial charge >= 0.3 is 24.3 Å². The molecule has 1 aliphatic heterocycles.